The van der Waals surface area contributed by atoms with Crippen molar-refractivity contribution in [3.05, 3.63) is 30.5 Å². The lowest BCUT2D eigenvalue weighted by Crippen LogP contribution is -2.63. The number of benzene rings is 1. The molecule has 2 aliphatic rings. The average Bonchev–Trinajstić information content (AvgIpc) is 3.08. The number of carbonyl (C=O) groups excluding carboxylic acids is 1. The van der Waals surface area contributed by atoms with Crippen LogP contribution in [0.2, 0.25) is 0 Å². The highest BCUT2D eigenvalue weighted by atomic mass is 16.5. The minimum absolute atomic E-state index is 0.0513. The minimum atomic E-state index is -0.806. The summed E-state index contributed by atoms with van der Waals surface area (Å²) in [6.45, 7) is 9.26. The molecular weight excluding hydrogens is 356 g/mol. The molecule has 28 heavy (non-hydrogen) atoms. The van der Waals surface area contributed by atoms with Gasteiger partial charge in [0.15, 0.2) is 0 Å². The maximum Gasteiger partial charge on any atom is 0.244 e. The monoisotopic (exact) mass is 386 g/mol. The molecule has 0 radical (unpaired) electrons. The van der Waals surface area contributed by atoms with E-state index in [4.69, 9.17) is 4.74 Å². The molecule has 0 bridgehead atoms. The summed E-state index contributed by atoms with van der Waals surface area (Å²) in [4.78, 5) is 17.1. The molecule has 0 saturated carbocycles. The van der Waals surface area contributed by atoms with Crippen molar-refractivity contribution in [1.29, 1.82) is 0 Å². The van der Waals surface area contributed by atoms with Gasteiger partial charge in [-0.3, -0.25) is 14.4 Å². The van der Waals surface area contributed by atoms with Gasteiger partial charge in [-0.2, -0.15) is 5.10 Å². The molecule has 152 valence electrons. The molecule has 4 rings (SSSR count). The fraction of sp³-hybridized carbons (Fsp3) is 0.619. The summed E-state index contributed by atoms with van der Waals surface area (Å²) in [5.41, 5.74) is -0.221. The maximum absolute atomic E-state index is 13.0. The summed E-state index contributed by atoms with van der Waals surface area (Å²) in [5, 5.41) is 16.8. The molecule has 1 aromatic heterocycles. The first-order chi connectivity index (χ1) is 13.4. The lowest BCUT2D eigenvalue weighted by Gasteiger charge is -2.52. The number of para-hydroxylation sites is 1. The van der Waals surface area contributed by atoms with E-state index in [1.807, 2.05) is 29.2 Å². The summed E-state index contributed by atoms with van der Waals surface area (Å²) in [6, 6.07) is 7.91. The van der Waals surface area contributed by atoms with Gasteiger partial charge in [-0.1, -0.05) is 32.0 Å². The Balaban J connectivity index is 1.42. The first-order valence-corrected chi connectivity index (χ1v) is 10.1. The standard InChI is InChI=1S/C21H30N4O3/c1-20(2)15-24(8-7-21(20,27)16-23-9-11-28-12-10-23)19(26)14-25-18-6-4-3-5-17(18)13-22-25/h3-6,13,27H,7-12,14-16H2,1-2H3/t21-/m0/s1. The Morgan fingerprint density at radius 3 is 2.71 bits per heavy atom. The van der Waals surface area contributed by atoms with Gasteiger partial charge in [0.1, 0.15) is 6.54 Å². The summed E-state index contributed by atoms with van der Waals surface area (Å²) < 4.78 is 7.18. The molecule has 1 atom stereocenters. The summed E-state index contributed by atoms with van der Waals surface area (Å²) in [7, 11) is 0. The van der Waals surface area contributed by atoms with E-state index in [0.717, 1.165) is 37.2 Å². The third kappa shape index (κ3) is 3.66. The highest BCUT2D eigenvalue weighted by Crippen LogP contribution is 2.39. The number of rotatable bonds is 4. The molecular formula is C21H30N4O3. The van der Waals surface area contributed by atoms with Crippen LogP contribution in [-0.2, 0) is 16.1 Å². The maximum atomic E-state index is 13.0. The Bertz CT molecular complexity index is 843. The lowest BCUT2D eigenvalue weighted by atomic mass is 9.69. The Labute approximate surface area is 165 Å². The van der Waals surface area contributed by atoms with E-state index in [1.54, 1.807) is 10.9 Å². The summed E-state index contributed by atoms with van der Waals surface area (Å²) >= 11 is 0. The molecule has 0 unspecified atom stereocenters. The topological polar surface area (TPSA) is 70.8 Å². The number of β-amino-alcohol motifs (C(OH)–C–C–N with tert-alkyl or cyclic N) is 1. The fourth-order valence-electron chi connectivity index (χ4n) is 4.38. The molecule has 1 amide bonds. The van der Waals surface area contributed by atoms with Crippen molar-refractivity contribution in [3.8, 4) is 0 Å². The zero-order valence-electron chi connectivity index (χ0n) is 16.8. The van der Waals surface area contributed by atoms with Gasteiger partial charge in [0.25, 0.3) is 0 Å². The Kier molecular flexibility index (Phi) is 5.16. The van der Waals surface area contributed by atoms with E-state index in [1.165, 1.54) is 0 Å². The van der Waals surface area contributed by atoms with Crippen molar-refractivity contribution in [2.24, 2.45) is 5.41 Å². The normalized spacial score (nSPS) is 25.9. The number of likely N-dealkylation sites (tertiary alicyclic amines) is 1. The second-order valence-corrected chi connectivity index (χ2v) is 8.73. The van der Waals surface area contributed by atoms with E-state index in [2.05, 4.69) is 23.8 Å². The van der Waals surface area contributed by atoms with Gasteiger partial charge in [-0.15, -0.1) is 0 Å². The van der Waals surface area contributed by atoms with E-state index < -0.39 is 5.60 Å². The van der Waals surface area contributed by atoms with Gasteiger partial charge < -0.3 is 14.7 Å². The summed E-state index contributed by atoms with van der Waals surface area (Å²) in [6.07, 6.45) is 2.38. The average molecular weight is 386 g/mol. The third-order valence-corrected chi connectivity index (χ3v) is 6.42. The Hall–Kier alpha value is -1.96. The molecule has 7 nitrogen and oxygen atoms in total. The number of hydrogen-bond acceptors (Lipinski definition) is 5. The van der Waals surface area contributed by atoms with Crippen molar-refractivity contribution in [3.63, 3.8) is 0 Å². The number of piperidine rings is 1. The second kappa shape index (κ2) is 7.46. The van der Waals surface area contributed by atoms with Gasteiger partial charge in [0.2, 0.25) is 5.91 Å². The van der Waals surface area contributed by atoms with Crippen LogP contribution < -0.4 is 0 Å². The van der Waals surface area contributed by atoms with Gasteiger partial charge in [0.05, 0.1) is 30.5 Å². The number of aliphatic hydroxyl groups is 1. The van der Waals surface area contributed by atoms with Gasteiger partial charge >= 0.3 is 0 Å². The van der Waals surface area contributed by atoms with Crippen molar-refractivity contribution in [2.75, 3.05) is 45.9 Å². The van der Waals surface area contributed by atoms with E-state index in [-0.39, 0.29) is 17.9 Å². The largest absolute Gasteiger partial charge is 0.388 e. The van der Waals surface area contributed by atoms with Crippen molar-refractivity contribution in [1.82, 2.24) is 19.6 Å². The highest BCUT2D eigenvalue weighted by molar-refractivity contribution is 5.82. The van der Waals surface area contributed by atoms with Crippen LogP contribution in [0.25, 0.3) is 10.9 Å². The third-order valence-electron chi connectivity index (χ3n) is 6.42. The van der Waals surface area contributed by atoms with Crippen LogP contribution in [0.1, 0.15) is 20.3 Å². The van der Waals surface area contributed by atoms with Crippen molar-refractivity contribution >= 4 is 16.8 Å². The Morgan fingerprint density at radius 1 is 1.21 bits per heavy atom. The number of hydrogen-bond donors (Lipinski definition) is 1. The second-order valence-electron chi connectivity index (χ2n) is 8.73. The number of amides is 1. The van der Waals surface area contributed by atoms with Gasteiger partial charge in [-0.25, -0.2) is 0 Å². The SMILES string of the molecule is CC1(C)CN(C(=O)Cn2ncc3ccccc32)CC[C@]1(O)CN1CCOCC1. The van der Waals surface area contributed by atoms with Gasteiger partial charge in [0, 0.05) is 43.5 Å². The molecule has 1 N–H and O–H groups in total. The van der Waals surface area contributed by atoms with Crippen LogP contribution in [0.5, 0.6) is 0 Å². The molecule has 2 fully saturated rings. The molecule has 0 aliphatic carbocycles. The molecule has 7 heteroatoms. The van der Waals surface area contributed by atoms with E-state index in [0.29, 0.717) is 26.1 Å². The van der Waals surface area contributed by atoms with Gasteiger partial charge in [-0.05, 0) is 12.5 Å². The van der Waals surface area contributed by atoms with E-state index >= 15 is 0 Å². The number of ether oxygens (including phenoxy) is 1. The van der Waals surface area contributed by atoms with Crippen molar-refractivity contribution < 1.29 is 14.6 Å². The number of aromatic nitrogens is 2. The van der Waals surface area contributed by atoms with Crippen LogP contribution in [0.3, 0.4) is 0 Å². The van der Waals surface area contributed by atoms with Crippen LogP contribution in [0.15, 0.2) is 30.5 Å². The van der Waals surface area contributed by atoms with Crippen LogP contribution in [0.4, 0.5) is 0 Å². The molecule has 2 aromatic rings. The quantitative estimate of drug-likeness (QED) is 0.859. The zero-order chi connectivity index (χ0) is 19.8. The van der Waals surface area contributed by atoms with Crippen molar-refractivity contribution in [2.45, 2.75) is 32.4 Å². The first-order valence-electron chi connectivity index (χ1n) is 10.1. The minimum Gasteiger partial charge on any atom is -0.388 e. The predicted molar refractivity (Wildman–Crippen MR) is 107 cm³/mol. The first kappa shape index (κ1) is 19.4. The molecule has 1 aromatic carbocycles. The molecule has 0 spiro atoms. The smallest absolute Gasteiger partial charge is 0.244 e. The molecule has 2 saturated heterocycles. The highest BCUT2D eigenvalue weighted by Gasteiger charge is 2.49. The van der Waals surface area contributed by atoms with Crippen LogP contribution in [0, 0.1) is 5.41 Å². The van der Waals surface area contributed by atoms with Crippen LogP contribution in [-0.4, -0.2) is 82.1 Å². The van der Waals surface area contributed by atoms with E-state index in [9.17, 15) is 9.90 Å². The number of morpholine rings is 1. The lowest BCUT2D eigenvalue weighted by molar-refractivity contribution is -0.158. The molecule has 2 aliphatic heterocycles. The van der Waals surface area contributed by atoms with Crippen LogP contribution >= 0.6 is 0 Å². The Morgan fingerprint density at radius 2 is 1.96 bits per heavy atom. The zero-order valence-corrected chi connectivity index (χ0v) is 16.8. The predicted octanol–water partition coefficient (Wildman–Crippen LogP) is 1.36. The molecule has 3 heterocycles. The fourth-order valence-corrected chi connectivity index (χ4v) is 4.38. The number of nitrogens with zero attached hydrogens (tertiary/aromatic N) is 4. The number of carbonyl (C=O) groups is 1. The number of fused-ring (bicyclic) bond motifs is 1. The summed E-state index contributed by atoms with van der Waals surface area (Å²) in [5.74, 6) is 0.0513.